The molecule has 1 aromatic carbocycles. The topological polar surface area (TPSA) is 123 Å². The first-order valence-electron chi connectivity index (χ1n) is 10.1. The van der Waals surface area contributed by atoms with E-state index in [0.717, 1.165) is 37.9 Å². The lowest BCUT2D eigenvalue weighted by molar-refractivity contribution is -0.115. The number of nitrogens with two attached hydrogens (primary N) is 1. The van der Waals surface area contributed by atoms with E-state index in [1.807, 2.05) is 0 Å². The number of aromatic nitrogens is 3. The maximum absolute atomic E-state index is 12.9. The van der Waals surface area contributed by atoms with E-state index in [1.54, 1.807) is 25.1 Å². The van der Waals surface area contributed by atoms with Crippen LogP contribution in [0.25, 0.3) is 0 Å². The molecule has 9 nitrogen and oxygen atoms in total. The molecular formula is C19H26N6O3S2. The molecule has 1 aromatic heterocycles. The van der Waals surface area contributed by atoms with Crippen LogP contribution < -0.4 is 11.2 Å². The number of rotatable bonds is 7. The molecule has 30 heavy (non-hydrogen) atoms. The lowest BCUT2D eigenvalue weighted by Gasteiger charge is -2.26. The van der Waals surface area contributed by atoms with E-state index < -0.39 is 15.3 Å². The van der Waals surface area contributed by atoms with Crippen LogP contribution in [0, 0.1) is 0 Å². The van der Waals surface area contributed by atoms with Crippen molar-refractivity contribution >= 4 is 33.4 Å². The standard InChI is InChI=1S/C19H26N6O3S2/c1-13(29-19-23-22-17(25(19)20)14-8-9-14)18(26)21-15-6-5-7-16(12-15)30(27,28)24-10-3-2-4-11-24/h5-7,12-14H,2-4,8-11,20H2,1H3,(H,21,26). The number of nitrogen functional groups attached to an aromatic ring is 1. The summed E-state index contributed by atoms with van der Waals surface area (Å²) < 4.78 is 28.7. The predicted molar refractivity (Wildman–Crippen MR) is 115 cm³/mol. The Balaban J connectivity index is 1.42. The molecule has 11 heteroatoms. The van der Waals surface area contributed by atoms with Crippen molar-refractivity contribution < 1.29 is 13.2 Å². The second kappa shape index (κ2) is 8.56. The van der Waals surface area contributed by atoms with E-state index in [0.29, 0.717) is 29.9 Å². The molecule has 162 valence electrons. The Morgan fingerprint density at radius 3 is 2.67 bits per heavy atom. The minimum atomic E-state index is -3.56. The summed E-state index contributed by atoms with van der Waals surface area (Å²) >= 11 is 1.22. The summed E-state index contributed by atoms with van der Waals surface area (Å²) in [5.74, 6) is 6.91. The summed E-state index contributed by atoms with van der Waals surface area (Å²) in [6, 6.07) is 6.40. The maximum Gasteiger partial charge on any atom is 0.243 e. The van der Waals surface area contributed by atoms with Gasteiger partial charge in [0.2, 0.25) is 21.1 Å². The number of anilines is 1. The van der Waals surface area contributed by atoms with Gasteiger partial charge >= 0.3 is 0 Å². The molecule has 2 fully saturated rings. The largest absolute Gasteiger partial charge is 0.336 e. The second-order valence-electron chi connectivity index (χ2n) is 7.73. The van der Waals surface area contributed by atoms with Crippen LogP contribution in [0.15, 0.2) is 34.3 Å². The summed E-state index contributed by atoms with van der Waals surface area (Å²) in [4.78, 5) is 12.8. The highest BCUT2D eigenvalue weighted by Crippen LogP contribution is 2.39. The molecule has 2 heterocycles. The number of hydrogen-bond acceptors (Lipinski definition) is 7. The Morgan fingerprint density at radius 1 is 1.23 bits per heavy atom. The van der Waals surface area contributed by atoms with E-state index >= 15 is 0 Å². The third-order valence-electron chi connectivity index (χ3n) is 5.34. The van der Waals surface area contributed by atoms with Crippen molar-refractivity contribution in [3.8, 4) is 0 Å². The van der Waals surface area contributed by atoms with Gasteiger partial charge < -0.3 is 11.2 Å². The number of carbonyl (C=O) groups is 1. The van der Waals surface area contributed by atoms with Crippen LogP contribution in [0.5, 0.6) is 0 Å². The highest BCUT2D eigenvalue weighted by atomic mass is 32.2. The molecule has 1 saturated heterocycles. The van der Waals surface area contributed by atoms with Gasteiger partial charge in [-0.25, -0.2) is 13.1 Å². The van der Waals surface area contributed by atoms with Gasteiger partial charge in [0.15, 0.2) is 5.82 Å². The predicted octanol–water partition coefficient (Wildman–Crippen LogP) is 2.16. The van der Waals surface area contributed by atoms with Gasteiger partial charge in [0.25, 0.3) is 0 Å². The average Bonchev–Trinajstić information content (AvgIpc) is 3.53. The molecule has 3 N–H and O–H groups in total. The molecule has 2 aromatic rings. The zero-order chi connectivity index (χ0) is 21.3. The van der Waals surface area contributed by atoms with Gasteiger partial charge in [0.1, 0.15) is 0 Å². The Kier molecular flexibility index (Phi) is 6.03. The minimum absolute atomic E-state index is 0.193. The van der Waals surface area contributed by atoms with Gasteiger partial charge in [-0.2, -0.15) is 4.31 Å². The molecule has 1 saturated carbocycles. The molecule has 4 rings (SSSR count). The summed E-state index contributed by atoms with van der Waals surface area (Å²) in [5, 5.41) is 11.0. The SMILES string of the molecule is CC(Sc1nnc(C2CC2)n1N)C(=O)Nc1cccc(S(=O)(=O)N2CCCCC2)c1. The van der Waals surface area contributed by atoms with Gasteiger partial charge in [0, 0.05) is 24.7 Å². The highest BCUT2D eigenvalue weighted by Gasteiger charge is 2.31. The fourth-order valence-corrected chi connectivity index (χ4v) is 5.77. The number of benzene rings is 1. The number of nitrogens with one attached hydrogen (secondary N) is 1. The van der Waals surface area contributed by atoms with E-state index in [2.05, 4.69) is 15.5 Å². The smallest absolute Gasteiger partial charge is 0.243 e. The molecule has 1 aliphatic carbocycles. The summed E-state index contributed by atoms with van der Waals surface area (Å²) in [6.45, 7) is 2.82. The Morgan fingerprint density at radius 2 is 1.97 bits per heavy atom. The van der Waals surface area contributed by atoms with Gasteiger partial charge in [0.05, 0.1) is 10.1 Å². The zero-order valence-electron chi connectivity index (χ0n) is 16.8. The van der Waals surface area contributed by atoms with Crippen molar-refractivity contribution in [3.05, 3.63) is 30.1 Å². The lowest BCUT2D eigenvalue weighted by Crippen LogP contribution is -2.35. The number of piperidine rings is 1. The minimum Gasteiger partial charge on any atom is -0.336 e. The van der Waals surface area contributed by atoms with Crippen LogP contribution in [-0.4, -0.2) is 51.8 Å². The Hall–Kier alpha value is -2.11. The second-order valence-corrected chi connectivity index (χ2v) is 11.0. The first-order valence-corrected chi connectivity index (χ1v) is 12.5. The zero-order valence-corrected chi connectivity index (χ0v) is 18.5. The normalized spacial score (nSPS) is 18.8. The van der Waals surface area contributed by atoms with Crippen molar-refractivity contribution in [2.75, 3.05) is 24.2 Å². The third-order valence-corrected chi connectivity index (χ3v) is 8.29. The van der Waals surface area contributed by atoms with Crippen molar-refractivity contribution in [3.63, 3.8) is 0 Å². The number of nitrogens with zero attached hydrogens (tertiary/aromatic N) is 4. The number of thioether (sulfide) groups is 1. The third kappa shape index (κ3) is 4.47. The fourth-order valence-electron chi connectivity index (χ4n) is 3.43. The number of carbonyl (C=O) groups excluding carboxylic acids is 1. The van der Waals surface area contributed by atoms with Gasteiger partial charge in [-0.15, -0.1) is 10.2 Å². The summed E-state index contributed by atoms with van der Waals surface area (Å²) in [7, 11) is -3.56. The first kappa shape index (κ1) is 21.1. The molecule has 2 aliphatic rings. The Bertz CT molecular complexity index is 1030. The maximum atomic E-state index is 12.9. The molecule has 0 spiro atoms. The van der Waals surface area contributed by atoms with Crippen LogP contribution in [0.4, 0.5) is 5.69 Å². The Labute approximate surface area is 180 Å². The van der Waals surface area contributed by atoms with Crippen molar-refractivity contribution in [1.82, 2.24) is 19.2 Å². The number of hydrogen-bond donors (Lipinski definition) is 2. The van der Waals surface area contributed by atoms with E-state index in [9.17, 15) is 13.2 Å². The van der Waals surface area contributed by atoms with Gasteiger partial charge in [-0.3, -0.25) is 4.79 Å². The van der Waals surface area contributed by atoms with Crippen LogP contribution in [0.1, 0.15) is 50.8 Å². The van der Waals surface area contributed by atoms with E-state index in [-0.39, 0.29) is 10.8 Å². The van der Waals surface area contributed by atoms with Crippen LogP contribution >= 0.6 is 11.8 Å². The van der Waals surface area contributed by atoms with Crippen molar-refractivity contribution in [1.29, 1.82) is 0 Å². The average molecular weight is 451 g/mol. The van der Waals surface area contributed by atoms with Crippen molar-refractivity contribution in [2.45, 2.75) is 60.2 Å². The molecule has 0 bridgehead atoms. The number of amides is 1. The van der Waals surface area contributed by atoms with Crippen LogP contribution in [0.3, 0.4) is 0 Å². The number of sulfonamides is 1. The molecule has 1 unspecified atom stereocenters. The molecule has 1 atom stereocenters. The highest BCUT2D eigenvalue weighted by molar-refractivity contribution is 8.00. The lowest BCUT2D eigenvalue weighted by atomic mass is 10.2. The molecule has 0 radical (unpaired) electrons. The summed E-state index contributed by atoms with van der Waals surface area (Å²) in [5.41, 5.74) is 0.443. The monoisotopic (exact) mass is 450 g/mol. The summed E-state index contributed by atoms with van der Waals surface area (Å²) in [6.07, 6.45) is 4.92. The first-order chi connectivity index (χ1) is 14.4. The van der Waals surface area contributed by atoms with E-state index in [1.165, 1.54) is 26.8 Å². The molecular weight excluding hydrogens is 424 g/mol. The molecule has 1 aliphatic heterocycles. The van der Waals surface area contributed by atoms with Crippen LogP contribution in [0.2, 0.25) is 0 Å². The quantitative estimate of drug-likeness (QED) is 0.489. The fraction of sp³-hybridized carbons (Fsp3) is 0.526. The van der Waals surface area contributed by atoms with E-state index in [4.69, 9.17) is 5.84 Å². The van der Waals surface area contributed by atoms with Crippen molar-refractivity contribution in [2.24, 2.45) is 0 Å². The van der Waals surface area contributed by atoms with Gasteiger partial charge in [-0.1, -0.05) is 24.2 Å². The van der Waals surface area contributed by atoms with Gasteiger partial charge in [-0.05, 0) is 50.8 Å². The van der Waals surface area contributed by atoms with Crippen LogP contribution in [-0.2, 0) is 14.8 Å². The molecule has 1 amide bonds.